The van der Waals surface area contributed by atoms with Gasteiger partial charge in [0.15, 0.2) is 11.0 Å². The van der Waals surface area contributed by atoms with Gasteiger partial charge in [0.2, 0.25) is 5.91 Å². The number of hydrogen-bond acceptors (Lipinski definition) is 4. The molecule has 96 valence electrons. The van der Waals surface area contributed by atoms with Crippen LogP contribution in [-0.4, -0.2) is 22.5 Å². The third-order valence-corrected chi connectivity index (χ3v) is 3.19. The molecule has 0 aliphatic carbocycles. The maximum atomic E-state index is 12.2. The first-order valence-electron chi connectivity index (χ1n) is 5.75. The average molecular weight is 276 g/mol. The van der Waals surface area contributed by atoms with Gasteiger partial charge >= 0.3 is 0 Å². The lowest BCUT2D eigenvalue weighted by molar-refractivity contribution is -0.117. The third kappa shape index (κ3) is 2.24. The predicted octanol–water partition coefficient (Wildman–Crippen LogP) is 2.24. The maximum Gasteiger partial charge on any atom is 0.236 e. The molecule has 6 heteroatoms. The molecule has 1 atom stereocenters. The summed E-state index contributed by atoms with van der Waals surface area (Å²) in [5.74, 6) is 0.452. The number of aromatic nitrogens is 2. The van der Waals surface area contributed by atoms with Crippen molar-refractivity contribution in [1.29, 1.82) is 0 Å². The van der Waals surface area contributed by atoms with Gasteiger partial charge in [-0.2, -0.15) is 0 Å². The number of nitrogens with zero attached hydrogens (tertiary/aromatic N) is 2. The molecule has 0 saturated carbocycles. The summed E-state index contributed by atoms with van der Waals surface area (Å²) in [7, 11) is 0. The van der Waals surface area contributed by atoms with Crippen LogP contribution >= 0.6 is 11.6 Å². The summed E-state index contributed by atoms with van der Waals surface area (Å²) in [6, 6.07) is 7.48. The van der Waals surface area contributed by atoms with Crippen molar-refractivity contribution in [1.82, 2.24) is 9.97 Å². The highest BCUT2D eigenvalue weighted by Gasteiger charge is 2.30. The van der Waals surface area contributed by atoms with Crippen LogP contribution in [0.25, 0.3) is 0 Å². The number of benzene rings is 1. The van der Waals surface area contributed by atoms with Gasteiger partial charge in [0.1, 0.15) is 18.3 Å². The largest absolute Gasteiger partial charge is 0.492 e. The number of fused-ring (bicyclic) bond motifs is 1. The van der Waals surface area contributed by atoms with Gasteiger partial charge in [-0.3, -0.25) is 4.79 Å². The van der Waals surface area contributed by atoms with Gasteiger partial charge in [-0.1, -0.05) is 29.8 Å². The summed E-state index contributed by atoms with van der Waals surface area (Å²) < 4.78 is 5.47. The van der Waals surface area contributed by atoms with E-state index in [1.165, 1.54) is 12.4 Å². The molecule has 0 spiro atoms. The van der Waals surface area contributed by atoms with E-state index < -0.39 is 0 Å². The van der Waals surface area contributed by atoms with E-state index in [0.717, 1.165) is 11.3 Å². The van der Waals surface area contributed by atoms with Crippen LogP contribution in [0.2, 0.25) is 5.15 Å². The molecule has 1 aromatic carbocycles. The molecule has 1 aliphatic heterocycles. The second-order valence-electron chi connectivity index (χ2n) is 4.09. The minimum atomic E-state index is -0.353. The number of halogens is 1. The van der Waals surface area contributed by atoms with E-state index in [-0.39, 0.29) is 22.8 Å². The van der Waals surface area contributed by atoms with E-state index in [2.05, 4.69) is 15.3 Å². The van der Waals surface area contributed by atoms with Crippen molar-refractivity contribution in [2.45, 2.75) is 5.92 Å². The Bertz CT molecular complexity index is 633. The minimum Gasteiger partial charge on any atom is -0.492 e. The highest BCUT2D eigenvalue weighted by molar-refractivity contribution is 6.32. The molecule has 0 saturated heterocycles. The molecule has 1 N–H and O–H groups in total. The Morgan fingerprint density at radius 3 is 2.95 bits per heavy atom. The van der Waals surface area contributed by atoms with Gasteiger partial charge < -0.3 is 10.1 Å². The number of carbonyl (C=O) groups is 1. The highest BCUT2D eigenvalue weighted by atomic mass is 35.5. The topological polar surface area (TPSA) is 64.1 Å². The monoisotopic (exact) mass is 275 g/mol. The Labute approximate surface area is 114 Å². The molecular weight excluding hydrogens is 266 g/mol. The SMILES string of the molecule is O=C(Nc1nccnc1Cl)C1COc2ccccc21. The summed E-state index contributed by atoms with van der Waals surface area (Å²) in [5.41, 5.74) is 0.875. The molecule has 1 unspecified atom stereocenters. The lowest BCUT2D eigenvalue weighted by atomic mass is 10.0. The Morgan fingerprint density at radius 2 is 2.11 bits per heavy atom. The number of amides is 1. The van der Waals surface area contributed by atoms with Crippen LogP contribution in [0.5, 0.6) is 5.75 Å². The predicted molar refractivity (Wildman–Crippen MR) is 70.3 cm³/mol. The Hall–Kier alpha value is -2.14. The van der Waals surface area contributed by atoms with Gasteiger partial charge in [0.05, 0.1) is 0 Å². The van der Waals surface area contributed by atoms with Crippen LogP contribution in [0.1, 0.15) is 11.5 Å². The number of hydrogen-bond donors (Lipinski definition) is 1. The van der Waals surface area contributed by atoms with Crippen LogP contribution in [0.3, 0.4) is 0 Å². The summed E-state index contributed by atoms with van der Waals surface area (Å²) >= 11 is 5.86. The van der Waals surface area contributed by atoms with Gasteiger partial charge in [-0.25, -0.2) is 9.97 Å². The summed E-state index contributed by atoms with van der Waals surface area (Å²) in [4.78, 5) is 20.1. The van der Waals surface area contributed by atoms with Crippen molar-refractivity contribution in [3.63, 3.8) is 0 Å². The zero-order valence-electron chi connectivity index (χ0n) is 9.84. The average Bonchev–Trinajstić information content (AvgIpc) is 2.85. The fourth-order valence-corrected chi connectivity index (χ4v) is 2.14. The molecule has 0 fully saturated rings. The molecule has 0 bridgehead atoms. The Kier molecular flexibility index (Phi) is 3.05. The molecule has 2 aromatic rings. The molecule has 1 aliphatic rings. The van der Waals surface area contributed by atoms with Crippen molar-refractivity contribution in [2.75, 3.05) is 11.9 Å². The molecule has 1 amide bonds. The van der Waals surface area contributed by atoms with Crippen LogP contribution < -0.4 is 10.1 Å². The normalized spacial score (nSPS) is 16.6. The Morgan fingerprint density at radius 1 is 1.32 bits per heavy atom. The van der Waals surface area contributed by atoms with Crippen LogP contribution in [0.4, 0.5) is 5.82 Å². The number of para-hydroxylation sites is 1. The van der Waals surface area contributed by atoms with E-state index in [0.29, 0.717) is 6.61 Å². The van der Waals surface area contributed by atoms with Gasteiger partial charge in [0.25, 0.3) is 0 Å². The first kappa shape index (κ1) is 11.9. The molecule has 0 radical (unpaired) electrons. The number of ether oxygens (including phenoxy) is 1. The number of nitrogens with one attached hydrogen (secondary N) is 1. The first-order valence-corrected chi connectivity index (χ1v) is 6.12. The molecule has 3 rings (SSSR count). The number of carbonyl (C=O) groups excluding carboxylic acids is 1. The third-order valence-electron chi connectivity index (χ3n) is 2.91. The van der Waals surface area contributed by atoms with Crippen LogP contribution in [0, 0.1) is 0 Å². The molecule has 5 nitrogen and oxygen atoms in total. The maximum absolute atomic E-state index is 12.2. The lowest BCUT2D eigenvalue weighted by Crippen LogP contribution is -2.23. The first-order chi connectivity index (χ1) is 9.25. The van der Waals surface area contributed by atoms with Crippen molar-refractivity contribution in [3.8, 4) is 5.75 Å². The van der Waals surface area contributed by atoms with Crippen LogP contribution in [0.15, 0.2) is 36.7 Å². The van der Waals surface area contributed by atoms with Crippen molar-refractivity contribution in [3.05, 3.63) is 47.4 Å². The molecular formula is C13H10ClN3O2. The van der Waals surface area contributed by atoms with E-state index in [4.69, 9.17) is 16.3 Å². The smallest absolute Gasteiger partial charge is 0.236 e. The summed E-state index contributed by atoms with van der Waals surface area (Å²) in [6.07, 6.45) is 2.94. The molecule has 2 heterocycles. The van der Waals surface area contributed by atoms with E-state index in [1.54, 1.807) is 0 Å². The number of rotatable bonds is 2. The molecule has 1 aromatic heterocycles. The Balaban J connectivity index is 1.81. The van der Waals surface area contributed by atoms with Gasteiger partial charge in [0, 0.05) is 18.0 Å². The number of anilines is 1. The second kappa shape index (κ2) is 4.85. The summed E-state index contributed by atoms with van der Waals surface area (Å²) in [6.45, 7) is 0.322. The fraction of sp³-hybridized carbons (Fsp3) is 0.154. The zero-order chi connectivity index (χ0) is 13.2. The molecule has 19 heavy (non-hydrogen) atoms. The summed E-state index contributed by atoms with van der Waals surface area (Å²) in [5, 5.41) is 2.84. The highest BCUT2D eigenvalue weighted by Crippen LogP contribution is 2.34. The van der Waals surface area contributed by atoms with E-state index in [9.17, 15) is 4.79 Å². The van der Waals surface area contributed by atoms with Gasteiger partial charge in [-0.05, 0) is 6.07 Å². The lowest BCUT2D eigenvalue weighted by Gasteiger charge is -2.09. The van der Waals surface area contributed by atoms with Crippen molar-refractivity contribution in [2.24, 2.45) is 0 Å². The minimum absolute atomic E-state index is 0.169. The van der Waals surface area contributed by atoms with Crippen LogP contribution in [-0.2, 0) is 4.79 Å². The van der Waals surface area contributed by atoms with Crippen molar-refractivity contribution < 1.29 is 9.53 Å². The van der Waals surface area contributed by atoms with Crippen molar-refractivity contribution >= 4 is 23.3 Å². The van der Waals surface area contributed by atoms with E-state index >= 15 is 0 Å². The fourth-order valence-electron chi connectivity index (χ4n) is 1.99. The van der Waals surface area contributed by atoms with E-state index in [1.807, 2.05) is 24.3 Å². The second-order valence-corrected chi connectivity index (χ2v) is 4.44. The standard InChI is InChI=1S/C13H10ClN3O2/c14-11-12(16-6-5-15-11)17-13(18)9-7-19-10-4-2-1-3-8(9)10/h1-6,9H,7H2,(H,16,17,18). The zero-order valence-corrected chi connectivity index (χ0v) is 10.6. The van der Waals surface area contributed by atoms with Gasteiger partial charge in [-0.15, -0.1) is 0 Å². The quantitative estimate of drug-likeness (QED) is 0.913.